The second-order valence-electron chi connectivity index (χ2n) is 6.04. The highest BCUT2D eigenvalue weighted by Crippen LogP contribution is 2.21. The number of benzene rings is 1. The van der Waals surface area contributed by atoms with E-state index in [2.05, 4.69) is 16.2 Å². The third kappa shape index (κ3) is 2.67. The molecule has 3 heterocycles. The Bertz CT molecular complexity index is 1060. The number of rotatable bonds is 3. The van der Waals surface area contributed by atoms with Gasteiger partial charge in [-0.25, -0.2) is 9.67 Å². The van der Waals surface area contributed by atoms with E-state index in [1.54, 1.807) is 53.7 Å². The lowest BCUT2D eigenvalue weighted by atomic mass is 10.1. The van der Waals surface area contributed by atoms with Crippen LogP contribution in [-0.4, -0.2) is 27.2 Å². The Kier molecular flexibility index (Phi) is 3.86. The van der Waals surface area contributed by atoms with Crippen LogP contribution in [0.25, 0.3) is 16.9 Å². The summed E-state index contributed by atoms with van der Waals surface area (Å²) in [6.45, 7) is 0.700. The van der Waals surface area contributed by atoms with E-state index in [0.29, 0.717) is 29.9 Å². The van der Waals surface area contributed by atoms with Crippen molar-refractivity contribution in [3.05, 3.63) is 64.7 Å². The predicted molar refractivity (Wildman–Crippen MR) is 95.9 cm³/mol. The molecule has 7 heteroatoms. The lowest BCUT2D eigenvalue weighted by Gasteiger charge is -2.15. The normalized spacial score (nSPS) is 13.8. The summed E-state index contributed by atoms with van der Waals surface area (Å²) in [5.41, 5.74) is 2.27. The van der Waals surface area contributed by atoms with Gasteiger partial charge in [0.1, 0.15) is 0 Å². The number of amides is 1. The minimum Gasteiger partial charge on any atom is -0.311 e. The molecule has 1 saturated heterocycles. The molecule has 128 valence electrons. The average Bonchev–Trinajstić information content (AvgIpc) is 3.28. The van der Waals surface area contributed by atoms with E-state index in [9.17, 15) is 9.59 Å². The second kappa shape index (κ2) is 6.33. The van der Waals surface area contributed by atoms with Gasteiger partial charge in [0, 0.05) is 19.2 Å². The van der Waals surface area contributed by atoms with Gasteiger partial charge >= 0.3 is 0 Å². The number of aromatic amines is 1. The Hall–Kier alpha value is -3.66. The largest absolute Gasteiger partial charge is 0.311 e. The number of pyridine rings is 1. The molecule has 3 aromatic rings. The Balaban J connectivity index is 1.64. The molecule has 26 heavy (non-hydrogen) atoms. The zero-order valence-corrected chi connectivity index (χ0v) is 13.8. The third-order valence-corrected chi connectivity index (χ3v) is 4.44. The highest BCUT2D eigenvalue weighted by Gasteiger charge is 2.22. The molecule has 0 atom stereocenters. The van der Waals surface area contributed by atoms with Gasteiger partial charge in [-0.15, -0.1) is 0 Å². The molecule has 0 spiro atoms. The maximum Gasteiger partial charge on any atom is 0.280 e. The van der Waals surface area contributed by atoms with Gasteiger partial charge < -0.3 is 4.90 Å². The van der Waals surface area contributed by atoms with Crippen molar-refractivity contribution in [3.8, 4) is 23.0 Å². The highest BCUT2D eigenvalue weighted by atomic mass is 16.2. The van der Waals surface area contributed by atoms with Crippen LogP contribution in [0.15, 0.2) is 53.6 Å². The molecule has 1 fully saturated rings. The fraction of sp³-hybridized carbons (Fsp3) is 0.158. The molecule has 7 nitrogen and oxygen atoms in total. The van der Waals surface area contributed by atoms with Crippen molar-refractivity contribution in [1.82, 2.24) is 14.8 Å². The van der Waals surface area contributed by atoms with Crippen LogP contribution >= 0.6 is 0 Å². The van der Waals surface area contributed by atoms with E-state index < -0.39 is 0 Å². The van der Waals surface area contributed by atoms with Crippen molar-refractivity contribution in [2.75, 3.05) is 11.4 Å². The number of hydrogen-bond acceptors (Lipinski definition) is 4. The number of nitrogens with zero attached hydrogens (tertiary/aromatic N) is 4. The van der Waals surface area contributed by atoms with Gasteiger partial charge in [-0.05, 0) is 36.2 Å². The molecule has 0 saturated carbocycles. The second-order valence-corrected chi connectivity index (χ2v) is 6.04. The molecular formula is C19H15N5O2. The van der Waals surface area contributed by atoms with E-state index in [1.807, 2.05) is 0 Å². The monoisotopic (exact) mass is 345 g/mol. The van der Waals surface area contributed by atoms with Crippen molar-refractivity contribution in [2.24, 2.45) is 0 Å². The number of hydrogen-bond donors (Lipinski definition) is 1. The van der Waals surface area contributed by atoms with Crippen LogP contribution in [0.4, 0.5) is 5.69 Å². The number of carbonyl (C=O) groups excluding carboxylic acids is 1. The quantitative estimate of drug-likeness (QED) is 0.787. The summed E-state index contributed by atoms with van der Waals surface area (Å²) in [7, 11) is 0. The van der Waals surface area contributed by atoms with Gasteiger partial charge in [0.2, 0.25) is 5.91 Å². The van der Waals surface area contributed by atoms with E-state index in [0.717, 1.165) is 17.7 Å². The van der Waals surface area contributed by atoms with Gasteiger partial charge in [0.15, 0.2) is 5.82 Å². The fourth-order valence-corrected chi connectivity index (χ4v) is 3.06. The molecule has 0 unspecified atom stereocenters. The molecule has 0 bridgehead atoms. The number of anilines is 1. The molecule has 1 aliphatic rings. The van der Waals surface area contributed by atoms with E-state index in [1.165, 1.54) is 4.68 Å². The van der Waals surface area contributed by atoms with Crippen LogP contribution < -0.4 is 10.5 Å². The van der Waals surface area contributed by atoms with E-state index in [-0.39, 0.29) is 11.5 Å². The Morgan fingerprint density at radius 1 is 1.12 bits per heavy atom. The molecule has 4 rings (SSSR count). The maximum absolute atomic E-state index is 12.7. The van der Waals surface area contributed by atoms with Crippen LogP contribution in [0.3, 0.4) is 0 Å². The first kappa shape index (κ1) is 15.8. The van der Waals surface area contributed by atoms with Gasteiger partial charge in [-0.1, -0.05) is 12.1 Å². The number of nitriles is 1. The number of aromatic nitrogens is 3. The SMILES string of the molecule is N#Cc1ccc(-c2c[nH]n(-c3ccc(N4CCCC4=O)cn3)c2=O)cc1. The minimum absolute atomic E-state index is 0.0969. The lowest BCUT2D eigenvalue weighted by Crippen LogP contribution is -2.24. The van der Waals surface area contributed by atoms with Crippen molar-refractivity contribution in [1.29, 1.82) is 5.26 Å². The molecule has 0 aliphatic carbocycles. The van der Waals surface area contributed by atoms with Crippen LogP contribution in [0.5, 0.6) is 0 Å². The van der Waals surface area contributed by atoms with Gasteiger partial charge in [-0.2, -0.15) is 5.26 Å². The van der Waals surface area contributed by atoms with E-state index >= 15 is 0 Å². The summed E-state index contributed by atoms with van der Waals surface area (Å²) in [5.74, 6) is 0.546. The highest BCUT2D eigenvalue weighted by molar-refractivity contribution is 5.95. The summed E-state index contributed by atoms with van der Waals surface area (Å²) in [4.78, 5) is 30.5. The average molecular weight is 345 g/mol. The van der Waals surface area contributed by atoms with Crippen LogP contribution in [0.2, 0.25) is 0 Å². The van der Waals surface area contributed by atoms with E-state index in [4.69, 9.17) is 5.26 Å². The fourth-order valence-electron chi connectivity index (χ4n) is 3.06. The molecule has 1 N–H and O–H groups in total. The number of nitrogens with one attached hydrogen (secondary N) is 1. The number of carbonyl (C=O) groups is 1. The van der Waals surface area contributed by atoms with Crippen molar-refractivity contribution < 1.29 is 4.79 Å². The first-order valence-corrected chi connectivity index (χ1v) is 8.25. The summed E-state index contributed by atoms with van der Waals surface area (Å²) < 4.78 is 1.35. The third-order valence-electron chi connectivity index (χ3n) is 4.44. The van der Waals surface area contributed by atoms with Crippen molar-refractivity contribution in [2.45, 2.75) is 12.8 Å². The Morgan fingerprint density at radius 3 is 2.54 bits per heavy atom. The minimum atomic E-state index is -0.229. The summed E-state index contributed by atoms with van der Waals surface area (Å²) in [6.07, 6.45) is 4.63. The van der Waals surface area contributed by atoms with Crippen molar-refractivity contribution in [3.63, 3.8) is 0 Å². The summed E-state index contributed by atoms with van der Waals surface area (Å²) >= 11 is 0. The van der Waals surface area contributed by atoms with Gasteiger partial charge in [-0.3, -0.25) is 14.7 Å². The standard InChI is InChI=1S/C19H15N5O2/c20-10-13-3-5-14(6-4-13)16-12-22-24(19(16)26)17-8-7-15(11-21-17)23-9-1-2-18(23)25/h3-8,11-12,22H,1-2,9H2. The lowest BCUT2D eigenvalue weighted by molar-refractivity contribution is -0.117. The predicted octanol–water partition coefficient (Wildman–Crippen LogP) is 2.23. The molecule has 1 amide bonds. The zero-order chi connectivity index (χ0) is 18.1. The number of H-pyrrole nitrogens is 1. The molecule has 2 aromatic heterocycles. The first-order valence-electron chi connectivity index (χ1n) is 8.25. The van der Waals surface area contributed by atoms with Crippen molar-refractivity contribution >= 4 is 11.6 Å². The Labute approximate surface area is 149 Å². The molecule has 1 aliphatic heterocycles. The van der Waals surface area contributed by atoms with Crippen LogP contribution in [-0.2, 0) is 4.79 Å². The summed E-state index contributed by atoms with van der Waals surface area (Å²) in [5, 5.41) is 11.8. The van der Waals surface area contributed by atoms with Crippen LogP contribution in [0.1, 0.15) is 18.4 Å². The van der Waals surface area contributed by atoms with Gasteiger partial charge in [0.05, 0.1) is 29.1 Å². The zero-order valence-electron chi connectivity index (χ0n) is 13.8. The maximum atomic E-state index is 12.7. The smallest absolute Gasteiger partial charge is 0.280 e. The van der Waals surface area contributed by atoms with Crippen LogP contribution in [0, 0.1) is 11.3 Å². The summed E-state index contributed by atoms with van der Waals surface area (Å²) in [6, 6.07) is 12.4. The topological polar surface area (TPSA) is 94.8 Å². The first-order chi connectivity index (χ1) is 12.7. The molecule has 1 aromatic carbocycles. The molecular weight excluding hydrogens is 330 g/mol. The molecule has 0 radical (unpaired) electrons. The Morgan fingerprint density at radius 2 is 1.92 bits per heavy atom. The van der Waals surface area contributed by atoms with Gasteiger partial charge in [0.25, 0.3) is 5.56 Å².